The summed E-state index contributed by atoms with van der Waals surface area (Å²) in [6, 6.07) is 10.4. The molecular weight excluding hydrogens is 210 g/mol. The number of hydrogen-bond acceptors (Lipinski definition) is 1. The van der Waals surface area contributed by atoms with Gasteiger partial charge < -0.3 is 5.32 Å². The first kappa shape index (κ1) is 12.2. The minimum absolute atomic E-state index is 0.199. The van der Waals surface area contributed by atoms with Crippen LogP contribution in [0, 0.1) is 5.92 Å². The van der Waals surface area contributed by atoms with Crippen LogP contribution in [0.2, 0.25) is 0 Å². The zero-order chi connectivity index (χ0) is 12.5. The molecule has 0 spiro atoms. The summed E-state index contributed by atoms with van der Waals surface area (Å²) in [5, 5.41) is 3.14. The van der Waals surface area contributed by atoms with Crippen LogP contribution in [-0.4, -0.2) is 11.9 Å². The van der Waals surface area contributed by atoms with Crippen molar-refractivity contribution in [2.45, 2.75) is 45.1 Å². The highest BCUT2D eigenvalue weighted by Crippen LogP contribution is 2.48. The summed E-state index contributed by atoms with van der Waals surface area (Å²) in [4.78, 5) is 12.3. The minimum Gasteiger partial charge on any atom is -0.353 e. The number of nitrogens with one attached hydrogen (secondary N) is 1. The zero-order valence-electron chi connectivity index (χ0n) is 10.9. The Morgan fingerprint density at radius 2 is 1.76 bits per heavy atom. The maximum absolute atomic E-state index is 12.3. The van der Waals surface area contributed by atoms with Crippen LogP contribution in [0.25, 0.3) is 0 Å². The summed E-state index contributed by atoms with van der Waals surface area (Å²) in [5.74, 6) is 0.676. The molecule has 2 heteroatoms. The normalized spacial score (nSPS) is 18.8. The molecule has 92 valence electrons. The van der Waals surface area contributed by atoms with Crippen LogP contribution in [0.3, 0.4) is 0 Å². The second-order valence-corrected chi connectivity index (χ2v) is 5.45. The van der Waals surface area contributed by atoms with E-state index in [4.69, 9.17) is 0 Å². The van der Waals surface area contributed by atoms with Crippen molar-refractivity contribution in [2.24, 2.45) is 5.92 Å². The second kappa shape index (κ2) is 4.52. The fourth-order valence-electron chi connectivity index (χ4n) is 2.04. The molecular formula is C15H21NO. The van der Waals surface area contributed by atoms with Crippen molar-refractivity contribution in [3.8, 4) is 0 Å². The molecule has 1 saturated carbocycles. The van der Waals surface area contributed by atoms with Gasteiger partial charge in [-0.15, -0.1) is 0 Å². The number of carbonyl (C=O) groups excluding carboxylic acids is 1. The van der Waals surface area contributed by atoms with E-state index in [0.717, 1.165) is 18.4 Å². The van der Waals surface area contributed by atoms with Gasteiger partial charge in [0, 0.05) is 6.04 Å². The predicted octanol–water partition coefficient (Wildman–Crippen LogP) is 2.88. The maximum Gasteiger partial charge on any atom is 0.230 e. The van der Waals surface area contributed by atoms with Crippen molar-refractivity contribution in [3.05, 3.63) is 35.9 Å². The first-order valence-electron chi connectivity index (χ1n) is 6.43. The number of carbonyl (C=O) groups is 1. The third kappa shape index (κ3) is 2.36. The van der Waals surface area contributed by atoms with E-state index in [-0.39, 0.29) is 17.4 Å². The molecule has 1 fully saturated rings. The Balaban J connectivity index is 2.10. The van der Waals surface area contributed by atoms with Gasteiger partial charge >= 0.3 is 0 Å². The molecule has 0 saturated heterocycles. The molecule has 1 aromatic carbocycles. The fraction of sp³-hybridized carbons (Fsp3) is 0.533. The number of rotatable bonds is 4. The monoisotopic (exact) mass is 231 g/mol. The standard InChI is InChI=1S/C15H21NO/c1-11(2)12(3)16-14(17)15(9-10-15)13-7-5-4-6-8-13/h4-8,11-12H,9-10H2,1-3H3,(H,16,17). The van der Waals surface area contributed by atoms with Gasteiger partial charge in [-0.2, -0.15) is 0 Å². The van der Waals surface area contributed by atoms with E-state index >= 15 is 0 Å². The van der Waals surface area contributed by atoms with Gasteiger partial charge in [0.15, 0.2) is 0 Å². The minimum atomic E-state index is -0.232. The Kier molecular flexibility index (Phi) is 3.23. The van der Waals surface area contributed by atoms with Crippen LogP contribution in [-0.2, 0) is 10.2 Å². The van der Waals surface area contributed by atoms with E-state index in [1.54, 1.807) is 0 Å². The smallest absolute Gasteiger partial charge is 0.230 e. The Bertz CT molecular complexity index is 393. The third-order valence-corrected chi connectivity index (χ3v) is 3.87. The van der Waals surface area contributed by atoms with Gasteiger partial charge in [0.25, 0.3) is 0 Å². The lowest BCUT2D eigenvalue weighted by Gasteiger charge is -2.22. The van der Waals surface area contributed by atoms with Crippen molar-refractivity contribution in [2.75, 3.05) is 0 Å². The van der Waals surface area contributed by atoms with Gasteiger partial charge in [0.05, 0.1) is 5.41 Å². The van der Waals surface area contributed by atoms with E-state index in [1.807, 2.05) is 18.2 Å². The quantitative estimate of drug-likeness (QED) is 0.848. The van der Waals surface area contributed by atoms with Gasteiger partial charge in [0.1, 0.15) is 0 Å². The Hall–Kier alpha value is -1.31. The average molecular weight is 231 g/mol. The molecule has 1 aliphatic carbocycles. The SMILES string of the molecule is CC(C)C(C)NC(=O)C1(c2ccccc2)CC1. The molecule has 0 radical (unpaired) electrons. The van der Waals surface area contributed by atoms with Crippen molar-refractivity contribution >= 4 is 5.91 Å². The van der Waals surface area contributed by atoms with Crippen molar-refractivity contribution in [3.63, 3.8) is 0 Å². The van der Waals surface area contributed by atoms with Crippen LogP contribution < -0.4 is 5.32 Å². The lowest BCUT2D eigenvalue weighted by Crippen LogP contribution is -2.42. The lowest BCUT2D eigenvalue weighted by molar-refractivity contribution is -0.124. The number of hydrogen-bond donors (Lipinski definition) is 1. The second-order valence-electron chi connectivity index (χ2n) is 5.45. The Morgan fingerprint density at radius 1 is 1.18 bits per heavy atom. The van der Waals surface area contributed by atoms with E-state index < -0.39 is 0 Å². The van der Waals surface area contributed by atoms with E-state index in [2.05, 4.69) is 38.2 Å². The summed E-state index contributed by atoms with van der Waals surface area (Å²) in [7, 11) is 0. The first-order valence-corrected chi connectivity index (χ1v) is 6.43. The highest BCUT2D eigenvalue weighted by atomic mass is 16.2. The topological polar surface area (TPSA) is 29.1 Å². The Morgan fingerprint density at radius 3 is 2.24 bits per heavy atom. The summed E-state index contributed by atoms with van der Waals surface area (Å²) in [6.45, 7) is 6.34. The molecule has 1 unspecified atom stereocenters. The maximum atomic E-state index is 12.3. The zero-order valence-corrected chi connectivity index (χ0v) is 10.9. The molecule has 0 heterocycles. The largest absolute Gasteiger partial charge is 0.353 e. The van der Waals surface area contributed by atoms with Crippen LogP contribution in [0.5, 0.6) is 0 Å². The highest BCUT2D eigenvalue weighted by Gasteiger charge is 2.51. The molecule has 17 heavy (non-hydrogen) atoms. The van der Waals surface area contributed by atoms with Gasteiger partial charge in [0.2, 0.25) is 5.91 Å². The molecule has 1 aliphatic rings. The van der Waals surface area contributed by atoms with E-state index in [0.29, 0.717) is 5.92 Å². The van der Waals surface area contributed by atoms with Gasteiger partial charge in [-0.1, -0.05) is 44.2 Å². The first-order chi connectivity index (χ1) is 8.06. The lowest BCUT2D eigenvalue weighted by atomic mass is 9.94. The van der Waals surface area contributed by atoms with Crippen molar-refractivity contribution in [1.29, 1.82) is 0 Å². The van der Waals surface area contributed by atoms with Crippen molar-refractivity contribution < 1.29 is 4.79 Å². The van der Waals surface area contributed by atoms with E-state index in [9.17, 15) is 4.79 Å². The molecule has 1 amide bonds. The number of amides is 1. The average Bonchev–Trinajstić information content (AvgIpc) is 3.11. The van der Waals surface area contributed by atoms with Crippen LogP contribution >= 0.6 is 0 Å². The highest BCUT2D eigenvalue weighted by molar-refractivity contribution is 5.91. The van der Waals surface area contributed by atoms with Gasteiger partial charge in [-0.3, -0.25) is 4.79 Å². The summed E-state index contributed by atoms with van der Waals surface area (Å²) in [5.41, 5.74) is 0.929. The predicted molar refractivity (Wildman–Crippen MR) is 69.8 cm³/mol. The summed E-state index contributed by atoms with van der Waals surface area (Å²) >= 11 is 0. The molecule has 2 nitrogen and oxygen atoms in total. The molecule has 2 rings (SSSR count). The molecule has 1 aromatic rings. The van der Waals surface area contributed by atoms with Gasteiger partial charge in [-0.25, -0.2) is 0 Å². The molecule has 0 aliphatic heterocycles. The van der Waals surface area contributed by atoms with Gasteiger partial charge in [-0.05, 0) is 31.2 Å². The summed E-state index contributed by atoms with van der Waals surface area (Å²) in [6.07, 6.45) is 1.96. The molecule has 0 aromatic heterocycles. The third-order valence-electron chi connectivity index (χ3n) is 3.87. The molecule has 1 N–H and O–H groups in total. The fourth-order valence-corrected chi connectivity index (χ4v) is 2.04. The van der Waals surface area contributed by atoms with Crippen LogP contribution in [0.1, 0.15) is 39.2 Å². The molecule has 1 atom stereocenters. The van der Waals surface area contributed by atoms with Crippen molar-refractivity contribution in [1.82, 2.24) is 5.32 Å². The number of benzene rings is 1. The summed E-state index contributed by atoms with van der Waals surface area (Å²) < 4.78 is 0. The van der Waals surface area contributed by atoms with E-state index in [1.165, 1.54) is 0 Å². The molecule has 0 bridgehead atoms. The Labute approximate surface area is 103 Å². The van der Waals surface area contributed by atoms with Crippen LogP contribution in [0.15, 0.2) is 30.3 Å². The van der Waals surface area contributed by atoms with Crippen LogP contribution in [0.4, 0.5) is 0 Å².